The van der Waals surface area contributed by atoms with E-state index in [2.05, 4.69) is 30.2 Å². The lowest BCUT2D eigenvalue weighted by molar-refractivity contribution is 0.102. The molecule has 0 saturated heterocycles. The molecule has 1 heterocycles. The van der Waals surface area contributed by atoms with Crippen molar-refractivity contribution >= 4 is 57.5 Å². The molecule has 4 aromatic rings. The summed E-state index contributed by atoms with van der Waals surface area (Å²) in [4.78, 5) is 17.5. The predicted molar refractivity (Wildman–Crippen MR) is 134 cm³/mol. The van der Waals surface area contributed by atoms with E-state index in [0.29, 0.717) is 39.4 Å². The van der Waals surface area contributed by atoms with Gasteiger partial charge in [-0.2, -0.15) is 0 Å². The Morgan fingerprint density at radius 3 is 2.45 bits per heavy atom. The van der Waals surface area contributed by atoms with Gasteiger partial charge >= 0.3 is 0 Å². The van der Waals surface area contributed by atoms with E-state index in [4.69, 9.17) is 44.0 Å². The fraction of sp³-hybridized carbons (Fsp3) is 0.200. The maximum absolute atomic E-state index is 12.8. The maximum Gasteiger partial charge on any atom is 0.255 e. The van der Waals surface area contributed by atoms with Gasteiger partial charge in [-0.1, -0.05) is 54.7 Å². The molecule has 1 aromatic heterocycles. The van der Waals surface area contributed by atoms with Gasteiger partial charge in [-0.3, -0.25) is 4.79 Å². The summed E-state index contributed by atoms with van der Waals surface area (Å²) in [6.45, 7) is 4.33. The molecule has 0 bridgehead atoms. The number of carbonyl (C=O) groups excluding carboxylic acids is 1. The van der Waals surface area contributed by atoms with Crippen LogP contribution in [-0.2, 0) is 0 Å². The Balaban J connectivity index is 1.64. The Morgan fingerprint density at radius 1 is 1.06 bits per heavy atom. The lowest BCUT2D eigenvalue weighted by Crippen LogP contribution is -2.12. The fourth-order valence-corrected chi connectivity index (χ4v) is 4.25. The molecule has 0 saturated carbocycles. The lowest BCUT2D eigenvalue weighted by Gasteiger charge is -2.11. The number of rotatable bonds is 6. The molecular formula is C25H21Cl3N2O3. The van der Waals surface area contributed by atoms with Gasteiger partial charge in [-0.25, -0.2) is 4.98 Å². The molecule has 0 aliphatic rings. The first kappa shape index (κ1) is 23.4. The Morgan fingerprint density at radius 2 is 1.79 bits per heavy atom. The summed E-state index contributed by atoms with van der Waals surface area (Å²) >= 11 is 18.7. The number of benzene rings is 3. The standard InChI is InChI=1S/C25H21Cl3N2O3/c1-4-13(2)14-6-8-22-21(11-14)30-25(33-22)15-5-7-17(26)20(12-15)29-24(31)16-9-18(27)23(32-3)19(28)10-16/h5-13H,4H2,1-3H3,(H,29,31)/t13-/m0/s1. The molecule has 33 heavy (non-hydrogen) atoms. The highest BCUT2D eigenvalue weighted by Gasteiger charge is 2.17. The number of halogens is 3. The monoisotopic (exact) mass is 502 g/mol. The van der Waals surface area contributed by atoms with E-state index < -0.39 is 5.91 Å². The van der Waals surface area contributed by atoms with Crippen LogP contribution in [0.1, 0.15) is 42.1 Å². The number of amides is 1. The highest BCUT2D eigenvalue weighted by Crippen LogP contribution is 2.35. The van der Waals surface area contributed by atoms with Crippen molar-refractivity contribution < 1.29 is 13.9 Å². The minimum Gasteiger partial charge on any atom is -0.494 e. The molecule has 4 rings (SSSR count). The van der Waals surface area contributed by atoms with E-state index in [-0.39, 0.29) is 15.6 Å². The summed E-state index contributed by atoms with van der Waals surface area (Å²) in [6.07, 6.45) is 1.04. The summed E-state index contributed by atoms with van der Waals surface area (Å²) in [5.74, 6) is 0.763. The Bertz CT molecular complexity index is 1330. The van der Waals surface area contributed by atoms with Crippen LogP contribution in [0.4, 0.5) is 5.69 Å². The number of methoxy groups -OCH3 is 1. The van der Waals surface area contributed by atoms with Crippen molar-refractivity contribution in [2.45, 2.75) is 26.2 Å². The van der Waals surface area contributed by atoms with Crippen molar-refractivity contribution in [3.8, 4) is 17.2 Å². The van der Waals surface area contributed by atoms with E-state index in [0.717, 1.165) is 11.9 Å². The van der Waals surface area contributed by atoms with Gasteiger partial charge in [0.25, 0.3) is 5.91 Å². The quantitative estimate of drug-likeness (QED) is 0.288. The first-order valence-electron chi connectivity index (χ1n) is 10.4. The van der Waals surface area contributed by atoms with Crippen molar-refractivity contribution in [2.75, 3.05) is 12.4 Å². The summed E-state index contributed by atoms with van der Waals surface area (Å²) in [5, 5.41) is 3.63. The zero-order chi connectivity index (χ0) is 23.7. The number of anilines is 1. The normalized spacial score (nSPS) is 12.1. The van der Waals surface area contributed by atoms with Gasteiger partial charge in [0.15, 0.2) is 11.3 Å². The van der Waals surface area contributed by atoms with Gasteiger partial charge in [0.1, 0.15) is 5.52 Å². The zero-order valence-corrected chi connectivity index (χ0v) is 20.5. The van der Waals surface area contributed by atoms with Crippen molar-refractivity contribution in [1.29, 1.82) is 0 Å². The van der Waals surface area contributed by atoms with Crippen molar-refractivity contribution in [2.24, 2.45) is 0 Å². The van der Waals surface area contributed by atoms with Crippen LogP contribution in [-0.4, -0.2) is 18.0 Å². The molecule has 1 atom stereocenters. The summed E-state index contributed by atoms with van der Waals surface area (Å²) in [6, 6.07) is 14.2. The summed E-state index contributed by atoms with van der Waals surface area (Å²) < 4.78 is 11.1. The Kier molecular flexibility index (Phi) is 6.84. The molecule has 0 aliphatic heterocycles. The topological polar surface area (TPSA) is 64.4 Å². The number of fused-ring (bicyclic) bond motifs is 1. The molecule has 1 amide bonds. The number of nitrogens with zero attached hydrogens (tertiary/aromatic N) is 1. The largest absolute Gasteiger partial charge is 0.494 e. The van der Waals surface area contributed by atoms with Gasteiger partial charge in [-0.05, 0) is 60.4 Å². The number of aromatic nitrogens is 1. The number of hydrogen-bond donors (Lipinski definition) is 1. The van der Waals surface area contributed by atoms with Crippen LogP contribution in [0.3, 0.4) is 0 Å². The number of ether oxygens (including phenoxy) is 1. The average Bonchev–Trinajstić information content (AvgIpc) is 3.23. The molecular weight excluding hydrogens is 483 g/mol. The van der Waals surface area contributed by atoms with Gasteiger partial charge < -0.3 is 14.5 Å². The molecule has 5 nitrogen and oxygen atoms in total. The van der Waals surface area contributed by atoms with Gasteiger partial charge in [0, 0.05) is 11.1 Å². The summed E-state index contributed by atoms with van der Waals surface area (Å²) in [5.41, 5.74) is 4.05. The highest BCUT2D eigenvalue weighted by molar-refractivity contribution is 6.38. The summed E-state index contributed by atoms with van der Waals surface area (Å²) in [7, 11) is 1.45. The molecule has 0 fully saturated rings. The number of oxazole rings is 1. The van der Waals surface area contributed by atoms with E-state index in [1.54, 1.807) is 18.2 Å². The molecule has 0 radical (unpaired) electrons. The smallest absolute Gasteiger partial charge is 0.255 e. The molecule has 1 N–H and O–H groups in total. The molecule has 8 heteroatoms. The molecule has 170 valence electrons. The second kappa shape index (κ2) is 9.64. The van der Waals surface area contributed by atoms with Crippen molar-refractivity contribution in [1.82, 2.24) is 4.98 Å². The number of hydrogen-bond acceptors (Lipinski definition) is 4. The average molecular weight is 504 g/mol. The van der Waals surface area contributed by atoms with Gasteiger partial charge in [-0.15, -0.1) is 0 Å². The first-order valence-corrected chi connectivity index (χ1v) is 11.5. The lowest BCUT2D eigenvalue weighted by atomic mass is 9.98. The predicted octanol–water partition coefficient (Wildman–Crippen LogP) is 8.23. The Hall–Kier alpha value is -2.73. The number of carbonyl (C=O) groups is 1. The second-order valence-electron chi connectivity index (χ2n) is 7.68. The minimum absolute atomic E-state index is 0.234. The van der Waals surface area contributed by atoms with Crippen LogP contribution in [0.2, 0.25) is 15.1 Å². The van der Waals surface area contributed by atoms with Crippen LogP contribution in [0.25, 0.3) is 22.6 Å². The minimum atomic E-state index is -0.420. The van der Waals surface area contributed by atoms with Crippen LogP contribution in [0.5, 0.6) is 5.75 Å². The first-order chi connectivity index (χ1) is 15.8. The molecule has 3 aromatic carbocycles. The molecule has 0 unspecified atom stereocenters. The zero-order valence-electron chi connectivity index (χ0n) is 18.2. The molecule has 0 spiro atoms. The second-order valence-corrected chi connectivity index (χ2v) is 8.90. The third-order valence-electron chi connectivity index (χ3n) is 5.52. The SMILES string of the molecule is CC[C@H](C)c1ccc2oc(-c3ccc(Cl)c(NC(=O)c4cc(Cl)c(OC)c(Cl)c4)c3)nc2c1. The van der Waals surface area contributed by atoms with Crippen molar-refractivity contribution in [3.05, 3.63) is 74.7 Å². The van der Waals surface area contributed by atoms with Crippen LogP contribution >= 0.6 is 34.8 Å². The van der Waals surface area contributed by atoms with Gasteiger partial charge in [0.05, 0.1) is 27.9 Å². The van der Waals surface area contributed by atoms with Crippen LogP contribution in [0.15, 0.2) is 52.9 Å². The van der Waals surface area contributed by atoms with Crippen LogP contribution < -0.4 is 10.1 Å². The van der Waals surface area contributed by atoms with E-state index in [1.165, 1.54) is 24.8 Å². The van der Waals surface area contributed by atoms with E-state index >= 15 is 0 Å². The van der Waals surface area contributed by atoms with Crippen molar-refractivity contribution in [3.63, 3.8) is 0 Å². The van der Waals surface area contributed by atoms with E-state index in [9.17, 15) is 4.79 Å². The van der Waals surface area contributed by atoms with E-state index in [1.807, 2.05) is 12.1 Å². The third-order valence-corrected chi connectivity index (χ3v) is 6.41. The fourth-order valence-electron chi connectivity index (χ4n) is 3.44. The van der Waals surface area contributed by atoms with Crippen LogP contribution in [0, 0.1) is 0 Å². The van der Waals surface area contributed by atoms with Gasteiger partial charge in [0.2, 0.25) is 5.89 Å². The highest BCUT2D eigenvalue weighted by atomic mass is 35.5. The number of nitrogens with one attached hydrogen (secondary N) is 1. The third kappa shape index (κ3) is 4.81. The molecule has 0 aliphatic carbocycles. The Labute approximate surface area is 206 Å². The maximum atomic E-state index is 12.8.